The molecule has 29 heavy (non-hydrogen) atoms. The Hall–Kier alpha value is -3.84. The van der Waals surface area contributed by atoms with Gasteiger partial charge in [0, 0.05) is 12.1 Å². The number of rotatable bonds is 7. The van der Waals surface area contributed by atoms with Gasteiger partial charge >= 0.3 is 6.03 Å². The van der Waals surface area contributed by atoms with E-state index >= 15 is 0 Å². The Morgan fingerprint density at radius 3 is 2.59 bits per heavy atom. The third kappa shape index (κ3) is 5.57. The molecule has 1 atom stereocenters. The first-order chi connectivity index (χ1) is 14.1. The lowest BCUT2D eigenvalue weighted by molar-refractivity contribution is 0.247. The Morgan fingerprint density at radius 1 is 1.21 bits per heavy atom. The molecule has 3 N–H and O–H groups in total. The zero-order valence-corrected chi connectivity index (χ0v) is 15.3. The highest BCUT2D eigenvalue weighted by molar-refractivity contribution is 5.89. The van der Waals surface area contributed by atoms with Crippen LogP contribution < -0.4 is 10.6 Å². The van der Waals surface area contributed by atoms with E-state index in [2.05, 4.69) is 32.1 Å². The Balaban J connectivity index is 1.76. The number of nitrogens with zero attached hydrogens (tertiary/aromatic N) is 5. The summed E-state index contributed by atoms with van der Waals surface area (Å²) in [5, 5.41) is 35.4. The highest BCUT2D eigenvalue weighted by atomic mass is 19.1. The molecule has 0 spiro atoms. The van der Waals surface area contributed by atoms with E-state index < -0.39 is 17.9 Å². The summed E-state index contributed by atoms with van der Waals surface area (Å²) in [6.45, 7) is 0.0347. The number of amides is 2. The van der Waals surface area contributed by atoms with E-state index in [0.717, 1.165) is 5.56 Å². The van der Waals surface area contributed by atoms with Gasteiger partial charge < -0.3 is 15.7 Å². The molecule has 0 fully saturated rings. The number of tetrazole rings is 1. The second-order valence-corrected chi connectivity index (χ2v) is 6.14. The minimum absolute atomic E-state index is 0.144. The van der Waals surface area contributed by atoms with Crippen LogP contribution in [-0.4, -0.2) is 38.0 Å². The smallest absolute Gasteiger partial charge is 0.319 e. The van der Waals surface area contributed by atoms with Crippen LogP contribution >= 0.6 is 0 Å². The monoisotopic (exact) mass is 395 g/mol. The van der Waals surface area contributed by atoms with Crippen molar-refractivity contribution in [3.63, 3.8) is 0 Å². The van der Waals surface area contributed by atoms with Crippen LogP contribution in [-0.2, 0) is 13.0 Å². The van der Waals surface area contributed by atoms with E-state index in [-0.39, 0.29) is 19.0 Å². The number of carbonyl (C=O) groups excluding carboxylic acids is 1. The van der Waals surface area contributed by atoms with Gasteiger partial charge in [-0.25, -0.2) is 9.18 Å². The zero-order chi connectivity index (χ0) is 20.6. The number of aliphatic hydroxyl groups is 1. The van der Waals surface area contributed by atoms with Gasteiger partial charge in [-0.1, -0.05) is 12.1 Å². The molecule has 10 heteroatoms. The molecule has 2 amide bonds. The third-order valence-corrected chi connectivity index (χ3v) is 4.01. The maximum Gasteiger partial charge on any atom is 0.319 e. The number of aromatic nitrogens is 4. The van der Waals surface area contributed by atoms with E-state index in [0.29, 0.717) is 17.7 Å². The lowest BCUT2D eigenvalue weighted by atomic mass is 10.0. The van der Waals surface area contributed by atoms with Crippen molar-refractivity contribution in [1.29, 1.82) is 5.26 Å². The standard InChI is InChI=1S/C19H18FN7O2/c20-15-5-7-16(8-6-15)22-19(29)23-17(18-24-26-27(25-18)9-10-28)11-13-1-3-14(12-21)4-2-13/h1-8,17,28H,9-11H2,(H2,22,23,29). The van der Waals surface area contributed by atoms with Gasteiger partial charge in [-0.05, 0) is 47.2 Å². The van der Waals surface area contributed by atoms with Crippen molar-refractivity contribution < 1.29 is 14.3 Å². The molecule has 0 radical (unpaired) electrons. The van der Waals surface area contributed by atoms with E-state index in [9.17, 15) is 9.18 Å². The van der Waals surface area contributed by atoms with Crippen molar-refractivity contribution in [3.8, 4) is 6.07 Å². The highest BCUT2D eigenvalue weighted by Crippen LogP contribution is 2.16. The van der Waals surface area contributed by atoms with Gasteiger partial charge in [0.1, 0.15) is 5.82 Å². The van der Waals surface area contributed by atoms with Crippen LogP contribution in [0.4, 0.5) is 14.9 Å². The molecule has 148 valence electrons. The molecule has 0 saturated heterocycles. The van der Waals surface area contributed by atoms with Gasteiger partial charge in [-0.15, -0.1) is 10.2 Å². The van der Waals surface area contributed by atoms with Gasteiger partial charge in [0.2, 0.25) is 0 Å². The molecule has 3 rings (SSSR count). The molecule has 3 aromatic rings. The molecule has 0 aliphatic heterocycles. The van der Waals surface area contributed by atoms with Crippen LogP contribution in [0.15, 0.2) is 48.5 Å². The van der Waals surface area contributed by atoms with E-state index in [1.807, 2.05) is 0 Å². The molecule has 9 nitrogen and oxygen atoms in total. The number of aliphatic hydroxyl groups excluding tert-OH is 1. The first-order valence-corrected chi connectivity index (χ1v) is 8.78. The van der Waals surface area contributed by atoms with Crippen LogP contribution in [0.3, 0.4) is 0 Å². The van der Waals surface area contributed by atoms with Crippen LogP contribution in [0.1, 0.15) is 23.0 Å². The first-order valence-electron chi connectivity index (χ1n) is 8.78. The molecule has 1 heterocycles. The number of nitriles is 1. The van der Waals surface area contributed by atoms with Crippen molar-refractivity contribution in [1.82, 2.24) is 25.5 Å². The third-order valence-electron chi connectivity index (χ3n) is 4.01. The molecule has 1 unspecified atom stereocenters. The largest absolute Gasteiger partial charge is 0.394 e. The summed E-state index contributed by atoms with van der Waals surface area (Å²) in [6, 6.07) is 13.2. The molecule has 0 aliphatic carbocycles. The predicted octanol–water partition coefficient (Wildman–Crippen LogP) is 1.78. The number of benzene rings is 2. The minimum Gasteiger partial charge on any atom is -0.394 e. The van der Waals surface area contributed by atoms with Gasteiger partial charge in [-0.2, -0.15) is 10.1 Å². The van der Waals surface area contributed by atoms with E-state index in [1.54, 1.807) is 24.3 Å². The molecular weight excluding hydrogens is 377 g/mol. The Labute approximate surface area is 165 Å². The van der Waals surface area contributed by atoms with Crippen LogP contribution in [0.5, 0.6) is 0 Å². The van der Waals surface area contributed by atoms with Crippen LogP contribution in [0, 0.1) is 17.1 Å². The highest BCUT2D eigenvalue weighted by Gasteiger charge is 2.21. The lowest BCUT2D eigenvalue weighted by Gasteiger charge is -2.16. The number of halogens is 1. The normalized spacial score (nSPS) is 11.5. The second kappa shape index (κ2) is 9.38. The number of carbonyl (C=O) groups is 1. The number of hydrogen-bond acceptors (Lipinski definition) is 6. The average Bonchev–Trinajstić information content (AvgIpc) is 3.19. The van der Waals surface area contributed by atoms with Crippen LogP contribution in [0.2, 0.25) is 0 Å². The van der Waals surface area contributed by atoms with Gasteiger partial charge in [0.25, 0.3) is 0 Å². The molecule has 0 saturated carbocycles. The van der Waals surface area contributed by atoms with Crippen molar-refractivity contribution in [2.75, 3.05) is 11.9 Å². The van der Waals surface area contributed by atoms with Gasteiger partial charge in [-0.3, -0.25) is 0 Å². The molecule has 1 aromatic heterocycles. The average molecular weight is 395 g/mol. The van der Waals surface area contributed by atoms with Crippen molar-refractivity contribution in [2.24, 2.45) is 0 Å². The van der Waals surface area contributed by atoms with E-state index in [1.165, 1.54) is 29.1 Å². The maximum absolute atomic E-state index is 13.0. The first kappa shape index (κ1) is 19.9. The number of hydrogen-bond donors (Lipinski definition) is 3. The zero-order valence-electron chi connectivity index (χ0n) is 15.3. The summed E-state index contributed by atoms with van der Waals surface area (Å²) >= 11 is 0. The van der Waals surface area contributed by atoms with Gasteiger partial charge in [0.05, 0.1) is 30.8 Å². The maximum atomic E-state index is 13.0. The SMILES string of the molecule is N#Cc1ccc(CC(NC(=O)Nc2ccc(F)cc2)c2nnn(CCO)n2)cc1. The molecule has 0 aliphatic rings. The molecule has 2 aromatic carbocycles. The number of anilines is 1. The van der Waals surface area contributed by atoms with Crippen molar-refractivity contribution >= 4 is 11.7 Å². The summed E-state index contributed by atoms with van der Waals surface area (Å²) < 4.78 is 13.0. The predicted molar refractivity (Wildman–Crippen MR) is 101 cm³/mol. The van der Waals surface area contributed by atoms with Crippen LogP contribution in [0.25, 0.3) is 0 Å². The second-order valence-electron chi connectivity index (χ2n) is 6.14. The summed E-state index contributed by atoms with van der Waals surface area (Å²) in [4.78, 5) is 13.7. The molecule has 0 bridgehead atoms. The summed E-state index contributed by atoms with van der Waals surface area (Å²) in [6.07, 6.45) is 0.355. The topological polar surface area (TPSA) is 129 Å². The molecular formula is C19H18FN7O2. The Bertz CT molecular complexity index is 997. The summed E-state index contributed by atoms with van der Waals surface area (Å²) in [5.74, 6) is -0.128. The number of urea groups is 1. The summed E-state index contributed by atoms with van der Waals surface area (Å²) in [5.41, 5.74) is 1.81. The fraction of sp³-hybridized carbons (Fsp3) is 0.211. The fourth-order valence-electron chi connectivity index (χ4n) is 2.60. The Kier molecular flexibility index (Phi) is 6.44. The minimum atomic E-state index is -0.615. The fourth-order valence-corrected chi connectivity index (χ4v) is 2.60. The quantitative estimate of drug-likeness (QED) is 0.559. The van der Waals surface area contributed by atoms with Gasteiger partial charge in [0.15, 0.2) is 5.82 Å². The lowest BCUT2D eigenvalue weighted by Crippen LogP contribution is -2.34. The Morgan fingerprint density at radius 2 is 1.93 bits per heavy atom. The van der Waals surface area contributed by atoms with Crippen molar-refractivity contribution in [3.05, 3.63) is 71.3 Å². The van der Waals surface area contributed by atoms with E-state index in [4.69, 9.17) is 10.4 Å². The number of nitrogens with one attached hydrogen (secondary N) is 2. The van der Waals surface area contributed by atoms with Crippen molar-refractivity contribution in [2.45, 2.75) is 19.0 Å². The summed E-state index contributed by atoms with van der Waals surface area (Å²) in [7, 11) is 0.